The molecule has 0 N–H and O–H groups in total. The highest BCUT2D eigenvalue weighted by Gasteiger charge is 2.31. The van der Waals surface area contributed by atoms with Crippen molar-refractivity contribution < 1.29 is 18.6 Å². The summed E-state index contributed by atoms with van der Waals surface area (Å²) in [7, 11) is 1.51. The van der Waals surface area contributed by atoms with E-state index in [2.05, 4.69) is 11.8 Å². The van der Waals surface area contributed by atoms with Gasteiger partial charge in [-0.1, -0.05) is 11.6 Å². The minimum atomic E-state index is -0.338. The van der Waals surface area contributed by atoms with Gasteiger partial charge in [-0.15, -0.1) is 0 Å². The van der Waals surface area contributed by atoms with Gasteiger partial charge in [-0.3, -0.25) is 4.90 Å². The quantitative estimate of drug-likeness (QED) is 0.676. The average molecular weight is 394 g/mol. The highest BCUT2D eigenvalue weighted by atomic mass is 35.5. The van der Waals surface area contributed by atoms with Gasteiger partial charge in [-0.2, -0.15) is 0 Å². The molecule has 0 aromatic heterocycles. The van der Waals surface area contributed by atoms with Crippen molar-refractivity contribution in [1.29, 1.82) is 0 Å². The van der Waals surface area contributed by atoms with Gasteiger partial charge in [0.25, 0.3) is 0 Å². The second kappa shape index (κ2) is 8.81. The first kappa shape index (κ1) is 19.8. The molecule has 0 bridgehead atoms. The fourth-order valence-corrected chi connectivity index (χ4v) is 3.31. The summed E-state index contributed by atoms with van der Waals surface area (Å²) in [5.74, 6) is 1.49. The van der Waals surface area contributed by atoms with Crippen LogP contribution in [0.25, 0.3) is 0 Å². The van der Waals surface area contributed by atoms with E-state index in [1.807, 2.05) is 24.3 Å². The van der Waals surface area contributed by atoms with Crippen LogP contribution in [0, 0.1) is 5.82 Å². The molecule has 1 aliphatic rings. The number of piperidine rings is 1. The number of rotatable bonds is 7. The van der Waals surface area contributed by atoms with Gasteiger partial charge in [0.2, 0.25) is 0 Å². The smallest absolute Gasteiger partial charge is 0.163 e. The number of ether oxygens (including phenoxy) is 3. The summed E-state index contributed by atoms with van der Waals surface area (Å²) >= 11 is 5.93. The molecule has 0 aliphatic carbocycles. The molecule has 6 heteroatoms. The van der Waals surface area contributed by atoms with Gasteiger partial charge in [-0.25, -0.2) is 4.39 Å². The molecule has 0 saturated carbocycles. The second-order valence-corrected chi connectivity index (χ2v) is 7.43. The van der Waals surface area contributed by atoms with Crippen LogP contribution in [0.15, 0.2) is 42.5 Å². The van der Waals surface area contributed by atoms with Crippen molar-refractivity contribution in [2.45, 2.75) is 25.4 Å². The average Bonchev–Trinajstić information content (AvgIpc) is 2.66. The molecule has 2 aromatic carbocycles. The van der Waals surface area contributed by atoms with Crippen LogP contribution in [-0.2, 0) is 0 Å². The third kappa shape index (κ3) is 5.50. The Bertz CT molecular complexity index is 746. The van der Waals surface area contributed by atoms with E-state index in [9.17, 15) is 4.39 Å². The first-order chi connectivity index (χ1) is 13.0. The number of hydrogen-bond donors (Lipinski definition) is 0. The molecule has 2 aromatic rings. The maximum absolute atomic E-state index is 13.2. The zero-order chi connectivity index (χ0) is 19.3. The summed E-state index contributed by atoms with van der Waals surface area (Å²) in [4.78, 5) is 2.35. The Kier molecular flexibility index (Phi) is 6.45. The molecule has 0 radical (unpaired) electrons. The van der Waals surface area contributed by atoms with E-state index in [0.717, 1.165) is 38.2 Å². The topological polar surface area (TPSA) is 30.9 Å². The largest absolute Gasteiger partial charge is 0.493 e. The monoisotopic (exact) mass is 393 g/mol. The van der Waals surface area contributed by atoms with Crippen molar-refractivity contribution in [3.63, 3.8) is 0 Å². The van der Waals surface area contributed by atoms with E-state index in [4.69, 9.17) is 25.8 Å². The molecule has 0 atom stereocenters. The number of likely N-dealkylation sites (tertiary alicyclic amines) is 1. The Labute approximate surface area is 164 Å². The fraction of sp³-hybridized carbons (Fsp3) is 0.429. The third-order valence-corrected chi connectivity index (χ3v) is 5.13. The van der Waals surface area contributed by atoms with E-state index in [1.165, 1.54) is 19.2 Å². The first-order valence-corrected chi connectivity index (χ1v) is 9.48. The number of nitrogens with zero attached hydrogens (tertiary/aromatic N) is 1. The fourth-order valence-electron chi connectivity index (χ4n) is 3.18. The maximum atomic E-state index is 13.2. The van der Waals surface area contributed by atoms with E-state index in [0.29, 0.717) is 23.1 Å². The molecular weight excluding hydrogens is 369 g/mol. The van der Waals surface area contributed by atoms with Crippen LogP contribution in [0.2, 0.25) is 5.02 Å². The minimum absolute atomic E-state index is 0.175. The summed E-state index contributed by atoms with van der Waals surface area (Å²) in [6.45, 7) is 5.36. The van der Waals surface area contributed by atoms with Crippen molar-refractivity contribution in [3.8, 4) is 17.2 Å². The van der Waals surface area contributed by atoms with Crippen LogP contribution in [0.4, 0.5) is 4.39 Å². The van der Waals surface area contributed by atoms with E-state index in [-0.39, 0.29) is 11.4 Å². The summed E-state index contributed by atoms with van der Waals surface area (Å²) in [6, 6.07) is 11.8. The molecule has 0 amide bonds. The van der Waals surface area contributed by atoms with Crippen LogP contribution < -0.4 is 14.2 Å². The molecule has 1 saturated heterocycles. The summed E-state index contributed by atoms with van der Waals surface area (Å²) in [5.41, 5.74) is -0.175. The predicted octanol–water partition coefficient (Wildman–Crippen LogP) is 4.80. The van der Waals surface area contributed by atoms with Crippen molar-refractivity contribution >= 4 is 11.6 Å². The lowest BCUT2D eigenvalue weighted by molar-refractivity contribution is 0.0135. The molecule has 1 heterocycles. The van der Waals surface area contributed by atoms with Gasteiger partial charge >= 0.3 is 0 Å². The molecule has 3 rings (SSSR count). The normalized spacial score (nSPS) is 16.7. The maximum Gasteiger partial charge on any atom is 0.163 e. The third-order valence-electron chi connectivity index (χ3n) is 4.88. The lowest BCUT2D eigenvalue weighted by atomic mass is 9.93. The van der Waals surface area contributed by atoms with Crippen molar-refractivity contribution in [2.24, 2.45) is 0 Å². The Balaban J connectivity index is 1.45. The van der Waals surface area contributed by atoms with Crippen LogP contribution in [0.5, 0.6) is 17.2 Å². The number of halogens is 2. The molecule has 1 aliphatic heterocycles. The molecule has 146 valence electrons. The Morgan fingerprint density at radius 1 is 1.07 bits per heavy atom. The molecule has 0 unspecified atom stereocenters. The lowest BCUT2D eigenvalue weighted by Crippen LogP contribution is -2.47. The molecule has 0 spiro atoms. The first-order valence-electron chi connectivity index (χ1n) is 9.11. The van der Waals surface area contributed by atoms with Crippen LogP contribution in [0.3, 0.4) is 0 Å². The van der Waals surface area contributed by atoms with E-state index >= 15 is 0 Å². The highest BCUT2D eigenvalue weighted by molar-refractivity contribution is 6.30. The van der Waals surface area contributed by atoms with Gasteiger partial charge in [0.1, 0.15) is 23.8 Å². The van der Waals surface area contributed by atoms with E-state index in [1.54, 1.807) is 6.07 Å². The van der Waals surface area contributed by atoms with Gasteiger partial charge < -0.3 is 14.2 Å². The molecule has 27 heavy (non-hydrogen) atoms. The van der Waals surface area contributed by atoms with E-state index < -0.39 is 0 Å². The van der Waals surface area contributed by atoms with Gasteiger partial charge in [0.05, 0.1) is 7.11 Å². The second-order valence-electron chi connectivity index (χ2n) is 6.99. The Morgan fingerprint density at radius 2 is 1.78 bits per heavy atom. The number of hydrogen-bond acceptors (Lipinski definition) is 4. The highest BCUT2D eigenvalue weighted by Crippen LogP contribution is 2.30. The molecule has 4 nitrogen and oxygen atoms in total. The van der Waals surface area contributed by atoms with Gasteiger partial charge in [0.15, 0.2) is 11.5 Å². The zero-order valence-electron chi connectivity index (χ0n) is 15.7. The van der Waals surface area contributed by atoms with Gasteiger partial charge in [-0.05, 0) is 56.2 Å². The van der Waals surface area contributed by atoms with Crippen LogP contribution in [-0.4, -0.2) is 43.9 Å². The van der Waals surface area contributed by atoms with Crippen molar-refractivity contribution in [1.82, 2.24) is 4.90 Å². The Hall–Kier alpha value is -1.98. The van der Waals surface area contributed by atoms with Crippen LogP contribution in [0.1, 0.15) is 19.8 Å². The summed E-state index contributed by atoms with van der Waals surface area (Å²) in [6.07, 6.45) is 1.88. The molecule has 1 fully saturated rings. The number of methoxy groups -OCH3 is 1. The van der Waals surface area contributed by atoms with Crippen LogP contribution >= 0.6 is 11.6 Å². The molecular formula is C21H25ClFNO3. The lowest BCUT2D eigenvalue weighted by Gasteiger charge is -2.39. The number of benzene rings is 2. The van der Waals surface area contributed by atoms with Gasteiger partial charge in [0, 0.05) is 30.7 Å². The standard InChI is InChI=1S/C21H25ClFNO3/c1-21(27-18-6-3-16(22)4-7-18)9-11-24(12-10-21)13-14-26-19-8-5-17(23)15-20(19)25-2/h3-8,15H,9-14H2,1-2H3. The van der Waals surface area contributed by atoms with Crippen molar-refractivity contribution in [2.75, 3.05) is 33.4 Å². The SMILES string of the molecule is COc1cc(F)ccc1OCCN1CCC(C)(Oc2ccc(Cl)cc2)CC1. The Morgan fingerprint density at radius 3 is 2.44 bits per heavy atom. The minimum Gasteiger partial charge on any atom is -0.493 e. The van der Waals surface area contributed by atoms with Crippen molar-refractivity contribution in [3.05, 3.63) is 53.3 Å². The summed E-state index contributed by atoms with van der Waals surface area (Å²) < 4.78 is 30.4. The predicted molar refractivity (Wildman–Crippen MR) is 105 cm³/mol. The summed E-state index contributed by atoms with van der Waals surface area (Å²) in [5, 5.41) is 0.708. The zero-order valence-corrected chi connectivity index (χ0v) is 16.5.